The number of nitrogens with one attached hydrogen (secondary N) is 1. The molecule has 0 heterocycles. The van der Waals surface area contributed by atoms with E-state index in [4.69, 9.17) is 9.84 Å². The molecular formula is C15H22N2O6S. The first-order chi connectivity index (χ1) is 11.0. The van der Waals surface area contributed by atoms with Crippen molar-refractivity contribution >= 4 is 21.9 Å². The predicted molar refractivity (Wildman–Crippen MR) is 87.6 cm³/mol. The molecule has 0 radical (unpaired) electrons. The zero-order valence-corrected chi connectivity index (χ0v) is 15.0. The van der Waals surface area contributed by atoms with Crippen molar-refractivity contribution in [2.45, 2.75) is 24.8 Å². The van der Waals surface area contributed by atoms with E-state index < -0.39 is 27.9 Å². The molecule has 0 spiro atoms. The number of carbonyl (C=O) groups excluding carboxylic acids is 1. The standard InChI is InChI=1S/C15H22N2O6S/c1-9(2)13(15(19)20)16-14(18)10-6-7-11(23-5)12(8-10)24(21,22)17(3)4/h6-9,13H,1-5H3,(H,16,18)(H,19,20). The normalized spacial score (nSPS) is 13.0. The lowest BCUT2D eigenvalue weighted by atomic mass is 10.0. The molecule has 1 amide bonds. The molecule has 1 rings (SSSR count). The number of carboxylic acid groups (broad SMARTS) is 1. The number of hydrogen-bond acceptors (Lipinski definition) is 5. The third kappa shape index (κ3) is 4.24. The first-order valence-corrected chi connectivity index (χ1v) is 8.60. The molecule has 0 aliphatic carbocycles. The number of ether oxygens (including phenoxy) is 1. The fourth-order valence-corrected chi connectivity index (χ4v) is 3.03. The van der Waals surface area contributed by atoms with Gasteiger partial charge in [0.2, 0.25) is 10.0 Å². The Morgan fingerprint density at radius 3 is 2.25 bits per heavy atom. The third-order valence-corrected chi connectivity index (χ3v) is 5.24. The lowest BCUT2D eigenvalue weighted by Gasteiger charge is -2.19. The largest absolute Gasteiger partial charge is 0.495 e. The van der Waals surface area contributed by atoms with Gasteiger partial charge < -0.3 is 15.2 Å². The Bertz CT molecular complexity index is 727. The first-order valence-electron chi connectivity index (χ1n) is 7.16. The number of rotatable bonds is 7. The van der Waals surface area contributed by atoms with Gasteiger partial charge in [0.1, 0.15) is 16.7 Å². The van der Waals surface area contributed by atoms with Crippen LogP contribution in [0.4, 0.5) is 0 Å². The summed E-state index contributed by atoms with van der Waals surface area (Å²) in [4.78, 5) is 23.3. The third-order valence-electron chi connectivity index (χ3n) is 3.40. The van der Waals surface area contributed by atoms with Gasteiger partial charge in [-0.3, -0.25) is 4.79 Å². The summed E-state index contributed by atoms with van der Waals surface area (Å²) in [5.74, 6) is -2.06. The molecule has 134 valence electrons. The molecule has 0 saturated carbocycles. The zero-order chi connectivity index (χ0) is 18.7. The van der Waals surface area contributed by atoms with Crippen molar-refractivity contribution in [3.05, 3.63) is 23.8 Å². The van der Waals surface area contributed by atoms with E-state index in [2.05, 4.69) is 5.32 Å². The number of nitrogens with zero attached hydrogens (tertiary/aromatic N) is 1. The number of carbonyl (C=O) groups is 2. The lowest BCUT2D eigenvalue weighted by molar-refractivity contribution is -0.140. The van der Waals surface area contributed by atoms with Crippen LogP contribution in [0.15, 0.2) is 23.1 Å². The van der Waals surface area contributed by atoms with Crippen LogP contribution in [0.1, 0.15) is 24.2 Å². The minimum atomic E-state index is -3.82. The average Bonchev–Trinajstić information content (AvgIpc) is 2.50. The second kappa shape index (κ2) is 7.63. The average molecular weight is 358 g/mol. The summed E-state index contributed by atoms with van der Waals surface area (Å²) in [7, 11) is 0.221. The van der Waals surface area contributed by atoms with Crippen molar-refractivity contribution in [2.75, 3.05) is 21.2 Å². The van der Waals surface area contributed by atoms with Gasteiger partial charge in [-0.15, -0.1) is 0 Å². The highest BCUT2D eigenvalue weighted by Gasteiger charge is 2.27. The highest BCUT2D eigenvalue weighted by Crippen LogP contribution is 2.27. The number of amides is 1. The Kier molecular flexibility index (Phi) is 6.33. The predicted octanol–water partition coefficient (Wildman–Crippen LogP) is 0.784. The molecule has 1 atom stereocenters. The van der Waals surface area contributed by atoms with Crippen LogP contribution >= 0.6 is 0 Å². The van der Waals surface area contributed by atoms with Crippen LogP contribution in [-0.2, 0) is 14.8 Å². The summed E-state index contributed by atoms with van der Waals surface area (Å²) in [6, 6.07) is 2.83. The maximum absolute atomic E-state index is 12.3. The molecule has 0 aliphatic rings. The van der Waals surface area contributed by atoms with Crippen LogP contribution < -0.4 is 10.1 Å². The molecule has 0 fully saturated rings. The number of carboxylic acids is 1. The Hall–Kier alpha value is -2.13. The van der Waals surface area contributed by atoms with Crippen molar-refractivity contribution in [3.63, 3.8) is 0 Å². The zero-order valence-electron chi connectivity index (χ0n) is 14.2. The summed E-state index contributed by atoms with van der Waals surface area (Å²) in [5.41, 5.74) is 0.0307. The fraction of sp³-hybridized carbons (Fsp3) is 0.467. The molecule has 2 N–H and O–H groups in total. The highest BCUT2D eigenvalue weighted by atomic mass is 32.2. The van der Waals surface area contributed by atoms with E-state index in [1.54, 1.807) is 13.8 Å². The molecule has 9 heteroatoms. The van der Waals surface area contributed by atoms with Gasteiger partial charge in [0.15, 0.2) is 0 Å². The molecule has 24 heavy (non-hydrogen) atoms. The molecule has 1 unspecified atom stereocenters. The van der Waals surface area contributed by atoms with Gasteiger partial charge in [0.05, 0.1) is 7.11 Å². The molecule has 1 aromatic carbocycles. The number of sulfonamides is 1. The van der Waals surface area contributed by atoms with Crippen LogP contribution in [0, 0.1) is 5.92 Å². The second-order valence-electron chi connectivity index (χ2n) is 5.69. The maximum Gasteiger partial charge on any atom is 0.326 e. The van der Waals surface area contributed by atoms with Crippen LogP contribution in [-0.4, -0.2) is 57.0 Å². The van der Waals surface area contributed by atoms with Crippen LogP contribution in [0.5, 0.6) is 5.75 Å². The summed E-state index contributed by atoms with van der Waals surface area (Å²) in [5, 5.41) is 11.5. The highest BCUT2D eigenvalue weighted by molar-refractivity contribution is 7.89. The van der Waals surface area contributed by atoms with Crippen molar-refractivity contribution in [1.29, 1.82) is 0 Å². The van der Waals surface area contributed by atoms with E-state index in [1.165, 1.54) is 39.4 Å². The van der Waals surface area contributed by atoms with Gasteiger partial charge in [-0.05, 0) is 24.1 Å². The van der Waals surface area contributed by atoms with Gasteiger partial charge in [-0.1, -0.05) is 13.8 Å². The quantitative estimate of drug-likeness (QED) is 0.745. The van der Waals surface area contributed by atoms with E-state index in [0.29, 0.717) is 0 Å². The molecule has 1 aromatic rings. The van der Waals surface area contributed by atoms with E-state index in [-0.39, 0.29) is 22.1 Å². The Morgan fingerprint density at radius 1 is 1.25 bits per heavy atom. The van der Waals surface area contributed by atoms with Gasteiger partial charge in [0.25, 0.3) is 5.91 Å². The van der Waals surface area contributed by atoms with Crippen molar-refractivity contribution in [2.24, 2.45) is 5.92 Å². The topological polar surface area (TPSA) is 113 Å². The number of benzene rings is 1. The molecule has 0 aliphatic heterocycles. The summed E-state index contributed by atoms with van der Waals surface area (Å²) in [6.45, 7) is 3.32. The van der Waals surface area contributed by atoms with Crippen LogP contribution in [0.3, 0.4) is 0 Å². The van der Waals surface area contributed by atoms with Gasteiger partial charge in [-0.2, -0.15) is 0 Å². The SMILES string of the molecule is COc1ccc(C(=O)NC(C(=O)O)C(C)C)cc1S(=O)(=O)N(C)C. The summed E-state index contributed by atoms with van der Waals surface area (Å²) in [6.07, 6.45) is 0. The Morgan fingerprint density at radius 2 is 1.83 bits per heavy atom. The maximum atomic E-state index is 12.3. The molecule has 0 bridgehead atoms. The van der Waals surface area contributed by atoms with Gasteiger partial charge >= 0.3 is 5.97 Å². The van der Waals surface area contributed by atoms with Gasteiger partial charge in [0, 0.05) is 19.7 Å². The number of hydrogen-bond donors (Lipinski definition) is 2. The van der Waals surface area contributed by atoms with Crippen molar-refractivity contribution in [1.82, 2.24) is 9.62 Å². The monoisotopic (exact) mass is 358 g/mol. The van der Waals surface area contributed by atoms with Crippen molar-refractivity contribution < 1.29 is 27.9 Å². The number of aliphatic carboxylic acids is 1. The lowest BCUT2D eigenvalue weighted by Crippen LogP contribution is -2.44. The second-order valence-corrected chi connectivity index (χ2v) is 7.81. The van der Waals surface area contributed by atoms with E-state index in [1.807, 2.05) is 0 Å². The van der Waals surface area contributed by atoms with Gasteiger partial charge in [-0.25, -0.2) is 17.5 Å². The molecule has 8 nitrogen and oxygen atoms in total. The molecular weight excluding hydrogens is 336 g/mol. The first kappa shape index (κ1) is 19.9. The minimum absolute atomic E-state index is 0.0307. The van der Waals surface area contributed by atoms with E-state index in [0.717, 1.165) is 4.31 Å². The minimum Gasteiger partial charge on any atom is -0.495 e. The van der Waals surface area contributed by atoms with Crippen LogP contribution in [0.2, 0.25) is 0 Å². The fourth-order valence-electron chi connectivity index (χ4n) is 1.95. The Labute approximate surface area is 141 Å². The Balaban J connectivity index is 3.28. The van der Waals surface area contributed by atoms with E-state index in [9.17, 15) is 18.0 Å². The molecule has 0 aromatic heterocycles. The van der Waals surface area contributed by atoms with E-state index >= 15 is 0 Å². The van der Waals surface area contributed by atoms with Crippen LogP contribution in [0.25, 0.3) is 0 Å². The molecule has 0 saturated heterocycles. The number of methoxy groups -OCH3 is 1. The summed E-state index contributed by atoms with van der Waals surface area (Å²) < 4.78 is 30.7. The smallest absolute Gasteiger partial charge is 0.326 e. The summed E-state index contributed by atoms with van der Waals surface area (Å²) >= 11 is 0. The van der Waals surface area contributed by atoms with Crippen molar-refractivity contribution in [3.8, 4) is 5.75 Å².